The molecule has 110 valence electrons. The molecule has 0 amide bonds. The number of nitrogens with zero attached hydrogens (tertiary/aromatic N) is 4. The van der Waals surface area contributed by atoms with E-state index in [0.29, 0.717) is 12.4 Å². The van der Waals surface area contributed by atoms with Crippen molar-refractivity contribution in [1.82, 2.24) is 4.98 Å². The first-order chi connectivity index (χ1) is 9.46. The summed E-state index contributed by atoms with van der Waals surface area (Å²) in [5, 5.41) is 22.6. The van der Waals surface area contributed by atoms with Crippen molar-refractivity contribution in [3.8, 4) is 0 Å². The van der Waals surface area contributed by atoms with Crippen molar-refractivity contribution in [3.63, 3.8) is 0 Å². The Morgan fingerprint density at radius 2 is 2.30 bits per heavy atom. The number of amidine groups is 1. The lowest BCUT2D eigenvalue weighted by molar-refractivity contribution is -0.385. The van der Waals surface area contributed by atoms with Gasteiger partial charge in [-0.3, -0.25) is 10.1 Å². The van der Waals surface area contributed by atoms with E-state index in [0.717, 1.165) is 6.42 Å². The van der Waals surface area contributed by atoms with Crippen LogP contribution in [0.15, 0.2) is 17.4 Å². The third-order valence-electron chi connectivity index (χ3n) is 3.18. The van der Waals surface area contributed by atoms with Gasteiger partial charge in [0.2, 0.25) is 0 Å². The summed E-state index contributed by atoms with van der Waals surface area (Å²) in [6, 6.07) is 1.45. The highest BCUT2D eigenvalue weighted by atomic mass is 16.6. The van der Waals surface area contributed by atoms with E-state index < -0.39 is 4.92 Å². The van der Waals surface area contributed by atoms with Crippen molar-refractivity contribution in [2.75, 3.05) is 11.4 Å². The fraction of sp³-hybridized carbons (Fsp3) is 0.500. The van der Waals surface area contributed by atoms with E-state index in [-0.39, 0.29) is 23.1 Å². The molecule has 3 N–H and O–H groups in total. The molecule has 0 radical (unpaired) electrons. The summed E-state index contributed by atoms with van der Waals surface area (Å²) in [6.07, 6.45) is 2.05. The minimum absolute atomic E-state index is 0.180. The smallest absolute Gasteiger partial charge is 0.288 e. The van der Waals surface area contributed by atoms with Crippen LogP contribution < -0.4 is 10.6 Å². The quantitative estimate of drug-likeness (QED) is 0.269. The summed E-state index contributed by atoms with van der Waals surface area (Å²) in [4.78, 5) is 16.3. The minimum Gasteiger partial charge on any atom is -0.409 e. The van der Waals surface area contributed by atoms with Crippen molar-refractivity contribution in [3.05, 3.63) is 27.9 Å². The molecule has 1 aromatic rings. The zero-order valence-corrected chi connectivity index (χ0v) is 11.8. The molecule has 0 aromatic carbocycles. The average molecular weight is 281 g/mol. The molecule has 1 rings (SSSR count). The zero-order valence-electron chi connectivity index (χ0n) is 11.8. The lowest BCUT2D eigenvalue weighted by atomic mass is 10.1. The second-order valence-corrected chi connectivity index (χ2v) is 4.35. The van der Waals surface area contributed by atoms with Crippen LogP contribution in [0, 0.1) is 10.1 Å². The molecule has 8 heteroatoms. The molecular weight excluding hydrogens is 262 g/mol. The normalized spacial score (nSPS) is 13.1. The average Bonchev–Trinajstić information content (AvgIpc) is 2.46. The predicted molar refractivity (Wildman–Crippen MR) is 76.2 cm³/mol. The van der Waals surface area contributed by atoms with E-state index in [4.69, 9.17) is 10.9 Å². The maximum absolute atomic E-state index is 10.8. The molecule has 0 aliphatic heterocycles. The Morgan fingerprint density at radius 3 is 2.75 bits per heavy atom. The number of nitro groups is 1. The maximum atomic E-state index is 10.8. The molecule has 1 heterocycles. The molecule has 1 atom stereocenters. The number of aromatic nitrogens is 1. The summed E-state index contributed by atoms with van der Waals surface area (Å²) in [7, 11) is 0. The van der Waals surface area contributed by atoms with Gasteiger partial charge >= 0.3 is 0 Å². The second-order valence-electron chi connectivity index (χ2n) is 4.35. The SMILES string of the molecule is CCC(C)N(CC)c1ncc([N+](=O)[O-])cc1C(N)=NO. The van der Waals surface area contributed by atoms with Gasteiger partial charge in [-0.05, 0) is 20.3 Å². The first-order valence-electron chi connectivity index (χ1n) is 6.35. The fourth-order valence-corrected chi connectivity index (χ4v) is 1.91. The first-order valence-corrected chi connectivity index (χ1v) is 6.35. The monoisotopic (exact) mass is 281 g/mol. The largest absolute Gasteiger partial charge is 0.409 e. The highest BCUT2D eigenvalue weighted by molar-refractivity contribution is 6.02. The molecule has 0 fully saturated rings. The lowest BCUT2D eigenvalue weighted by Crippen LogP contribution is -2.35. The van der Waals surface area contributed by atoms with Gasteiger partial charge in [0, 0.05) is 18.7 Å². The van der Waals surface area contributed by atoms with Gasteiger partial charge in [0.15, 0.2) is 5.84 Å². The van der Waals surface area contributed by atoms with Gasteiger partial charge in [-0.15, -0.1) is 0 Å². The lowest BCUT2D eigenvalue weighted by Gasteiger charge is -2.29. The van der Waals surface area contributed by atoms with Gasteiger partial charge in [-0.1, -0.05) is 12.1 Å². The van der Waals surface area contributed by atoms with Crippen molar-refractivity contribution >= 4 is 17.3 Å². The Hall–Kier alpha value is -2.38. The van der Waals surface area contributed by atoms with Crippen molar-refractivity contribution < 1.29 is 10.1 Å². The van der Waals surface area contributed by atoms with Gasteiger partial charge in [0.05, 0.1) is 10.5 Å². The van der Waals surface area contributed by atoms with Crippen LogP contribution in [0.3, 0.4) is 0 Å². The summed E-state index contributed by atoms with van der Waals surface area (Å²) >= 11 is 0. The number of anilines is 1. The number of rotatable bonds is 6. The summed E-state index contributed by atoms with van der Waals surface area (Å²) in [5.41, 5.74) is 5.66. The third kappa shape index (κ3) is 3.14. The van der Waals surface area contributed by atoms with Crippen LogP contribution in [0.4, 0.5) is 11.5 Å². The van der Waals surface area contributed by atoms with Crippen LogP contribution in [0.25, 0.3) is 0 Å². The highest BCUT2D eigenvalue weighted by Gasteiger charge is 2.21. The Morgan fingerprint density at radius 1 is 1.65 bits per heavy atom. The highest BCUT2D eigenvalue weighted by Crippen LogP contribution is 2.24. The molecule has 0 saturated heterocycles. The van der Waals surface area contributed by atoms with Crippen LogP contribution in [-0.2, 0) is 0 Å². The second kappa shape index (κ2) is 6.69. The fourth-order valence-electron chi connectivity index (χ4n) is 1.91. The van der Waals surface area contributed by atoms with Gasteiger partial charge in [-0.25, -0.2) is 4.98 Å². The third-order valence-corrected chi connectivity index (χ3v) is 3.18. The van der Waals surface area contributed by atoms with Gasteiger partial charge in [0.25, 0.3) is 5.69 Å². The number of oxime groups is 1. The van der Waals surface area contributed by atoms with Crippen LogP contribution in [-0.4, -0.2) is 33.5 Å². The number of pyridine rings is 1. The van der Waals surface area contributed by atoms with Crippen LogP contribution in [0.5, 0.6) is 0 Å². The number of hydrogen-bond acceptors (Lipinski definition) is 6. The van der Waals surface area contributed by atoms with Crippen LogP contribution in [0.1, 0.15) is 32.8 Å². The topological polar surface area (TPSA) is 118 Å². The molecule has 1 unspecified atom stereocenters. The predicted octanol–water partition coefficient (Wildman–Crippen LogP) is 1.71. The molecule has 0 spiro atoms. The Bertz CT molecular complexity index is 518. The van der Waals surface area contributed by atoms with E-state index >= 15 is 0 Å². The summed E-state index contributed by atoms with van der Waals surface area (Å²) in [5.74, 6) is 0.278. The molecular formula is C12H19N5O3. The summed E-state index contributed by atoms with van der Waals surface area (Å²) in [6.45, 7) is 6.65. The molecule has 1 aromatic heterocycles. The van der Waals surface area contributed by atoms with E-state index in [1.165, 1.54) is 12.3 Å². The molecule has 0 bridgehead atoms. The molecule has 0 aliphatic rings. The number of hydrogen-bond donors (Lipinski definition) is 2. The maximum Gasteiger partial charge on any atom is 0.288 e. The van der Waals surface area contributed by atoms with Crippen molar-refractivity contribution in [1.29, 1.82) is 0 Å². The molecule has 20 heavy (non-hydrogen) atoms. The number of nitrogens with two attached hydrogens (primary N) is 1. The van der Waals surface area contributed by atoms with Gasteiger partial charge in [0.1, 0.15) is 12.0 Å². The van der Waals surface area contributed by atoms with Crippen LogP contribution in [0.2, 0.25) is 0 Å². The Balaban J connectivity index is 3.41. The summed E-state index contributed by atoms with van der Waals surface area (Å²) < 4.78 is 0. The Kier molecular flexibility index (Phi) is 5.24. The van der Waals surface area contributed by atoms with Crippen LogP contribution >= 0.6 is 0 Å². The van der Waals surface area contributed by atoms with E-state index in [1.807, 2.05) is 25.7 Å². The van der Waals surface area contributed by atoms with E-state index in [9.17, 15) is 10.1 Å². The molecule has 0 aliphatic carbocycles. The van der Waals surface area contributed by atoms with E-state index in [2.05, 4.69) is 10.1 Å². The molecule has 0 saturated carbocycles. The van der Waals surface area contributed by atoms with Gasteiger partial charge in [-0.2, -0.15) is 0 Å². The standard InChI is InChI=1S/C12H19N5O3/c1-4-8(3)16(5-2)12-10(11(13)15-18)6-9(7-14-12)17(19)20/h6-8,18H,4-5H2,1-3H3,(H2,13,15). The minimum atomic E-state index is -0.565. The first kappa shape index (κ1) is 15.7. The van der Waals surface area contributed by atoms with E-state index in [1.54, 1.807) is 0 Å². The Labute approximate surface area is 117 Å². The van der Waals surface area contributed by atoms with Crippen molar-refractivity contribution in [2.24, 2.45) is 10.9 Å². The molecule has 8 nitrogen and oxygen atoms in total. The van der Waals surface area contributed by atoms with Gasteiger partial charge < -0.3 is 15.8 Å². The van der Waals surface area contributed by atoms with Crippen molar-refractivity contribution in [2.45, 2.75) is 33.2 Å². The zero-order chi connectivity index (χ0) is 15.3.